The van der Waals surface area contributed by atoms with Crippen molar-refractivity contribution in [3.05, 3.63) is 36.2 Å². The van der Waals surface area contributed by atoms with Gasteiger partial charge < -0.3 is 52.4 Å². The molecule has 18 rings (SSSR count). The summed E-state index contributed by atoms with van der Waals surface area (Å²) in [6.45, 7) is 8.41. The van der Waals surface area contributed by atoms with Gasteiger partial charge in [-0.25, -0.2) is 4.79 Å². The summed E-state index contributed by atoms with van der Waals surface area (Å²) in [6.07, 6.45) is 56.4. The molecule has 0 amide bonds. The molecule has 0 bridgehead atoms. The van der Waals surface area contributed by atoms with Gasteiger partial charge in [-0.2, -0.15) is 10.2 Å². The van der Waals surface area contributed by atoms with Crippen LogP contribution in [0.15, 0.2) is 30.5 Å². The van der Waals surface area contributed by atoms with Crippen molar-refractivity contribution in [2.75, 3.05) is 52.4 Å². The summed E-state index contributed by atoms with van der Waals surface area (Å²) in [7, 11) is 0. The van der Waals surface area contributed by atoms with Gasteiger partial charge >= 0.3 is 6.16 Å². The molecule has 566 valence electrons. The highest BCUT2D eigenvalue weighted by atomic mass is 16.7. The third-order valence-electron chi connectivity index (χ3n) is 35.4. The number of rotatable bonds is 17. The van der Waals surface area contributed by atoms with Crippen molar-refractivity contribution in [1.82, 2.24) is 52.7 Å². The molecule has 13 nitrogen and oxygen atoms in total. The van der Waals surface area contributed by atoms with E-state index in [1.807, 2.05) is 0 Å². The van der Waals surface area contributed by atoms with E-state index in [0.29, 0.717) is 95.1 Å². The molecule has 16 fully saturated rings. The molecular formula is C89H142N10O3. The Hall–Kier alpha value is -2.49. The second-order valence-corrected chi connectivity index (χ2v) is 39.1. The van der Waals surface area contributed by atoms with Gasteiger partial charge in [0.05, 0.1) is 24.0 Å². The standard InChI is InChI=1S/C89H142N10O3/c100-86(101)102-89(84-74-35-17-7-25-63(74)44-53-96-84,85-75-36-18-8-26-64(75)45-54-97-85)88(82-72-33-15-5-23-61(72)42-51-94-82,83-73-34-16-6-24-62(73)43-52-95-83)76(78-67-28-10-1-19-57(67)38-47-90-78)55-65(77-68-29-11-9-27-66(68)56-98-99-77)37-46-87(79-69-30-12-2-20-58(69)39-48-91-79,80-70-31-13-3-21-59(70)40-49-92-80)81-71-32-14-4-22-60(71)41-50-93-81/h9,11,27,29,56-65,67,69-76,78-85,90-97H,1-8,10,12-26,28,30-55H2,(H,100,101). The first-order valence-corrected chi connectivity index (χ1v) is 45.4. The van der Waals surface area contributed by atoms with Crippen molar-refractivity contribution in [2.24, 2.45) is 111 Å². The largest absolute Gasteiger partial charge is 0.506 e. The second kappa shape index (κ2) is 31.5. The lowest BCUT2D eigenvalue weighted by Gasteiger charge is -2.72. The van der Waals surface area contributed by atoms with E-state index < -0.39 is 17.2 Å². The predicted octanol–water partition coefficient (Wildman–Crippen LogP) is 16.3. The van der Waals surface area contributed by atoms with E-state index in [1.165, 1.54) is 267 Å². The summed E-state index contributed by atoms with van der Waals surface area (Å²) < 4.78 is 8.45. The number of fused-ring (bicyclic) bond motifs is 9. The molecule has 8 aliphatic heterocycles. The monoisotopic (exact) mass is 1400 g/mol. The van der Waals surface area contributed by atoms with Gasteiger partial charge in [0.25, 0.3) is 0 Å². The Kier molecular flexibility index (Phi) is 22.0. The summed E-state index contributed by atoms with van der Waals surface area (Å²) in [5.41, 5.74) is -0.624. The minimum atomic E-state index is -1.13. The number of carboxylic acid groups (broad SMARTS) is 1. The fourth-order valence-electron chi connectivity index (χ4n) is 31.8. The predicted molar refractivity (Wildman–Crippen MR) is 411 cm³/mol. The van der Waals surface area contributed by atoms with Crippen LogP contribution in [-0.2, 0) is 4.74 Å². The number of benzene rings is 1. The van der Waals surface area contributed by atoms with Crippen LogP contribution in [0, 0.1) is 111 Å². The molecule has 13 heteroatoms. The molecule has 9 N–H and O–H groups in total. The molecule has 1 aromatic carbocycles. The third-order valence-corrected chi connectivity index (χ3v) is 35.4. The summed E-state index contributed by atoms with van der Waals surface area (Å²) in [5.74, 6) is 9.51. The van der Waals surface area contributed by atoms with Crippen molar-refractivity contribution < 1.29 is 14.6 Å². The number of carbonyl (C=O) groups is 1. The van der Waals surface area contributed by atoms with Gasteiger partial charge in [0.1, 0.15) is 0 Å². The van der Waals surface area contributed by atoms with Gasteiger partial charge in [-0.3, -0.25) is 0 Å². The Morgan fingerprint density at radius 2 is 0.725 bits per heavy atom. The topological polar surface area (TPSA) is 169 Å². The molecule has 26 atom stereocenters. The summed E-state index contributed by atoms with van der Waals surface area (Å²) >= 11 is 0. The van der Waals surface area contributed by atoms with Crippen molar-refractivity contribution in [3.8, 4) is 0 Å². The average Bonchev–Trinajstić information content (AvgIpc) is 0.669. The molecule has 8 saturated carbocycles. The van der Waals surface area contributed by atoms with Crippen LogP contribution < -0.4 is 42.5 Å². The maximum Gasteiger partial charge on any atom is 0.506 e. The van der Waals surface area contributed by atoms with Gasteiger partial charge in [-0.05, 0) is 275 Å². The first-order valence-electron chi connectivity index (χ1n) is 45.4. The zero-order chi connectivity index (χ0) is 68.2. The van der Waals surface area contributed by atoms with Crippen LogP contribution in [-0.4, -0.2) is 128 Å². The van der Waals surface area contributed by atoms with Crippen LogP contribution in [0.5, 0.6) is 0 Å². The molecule has 1 aromatic heterocycles. The average molecular weight is 1400 g/mol. The number of nitrogens with one attached hydrogen (secondary N) is 8. The highest BCUT2D eigenvalue weighted by Crippen LogP contribution is 2.68. The lowest BCUT2D eigenvalue weighted by atomic mass is 9.39. The quantitative estimate of drug-likeness (QED) is 0.0687. The number of hydrogen-bond acceptors (Lipinski definition) is 12. The van der Waals surface area contributed by atoms with E-state index in [-0.39, 0.29) is 47.5 Å². The molecule has 0 radical (unpaired) electrons. The number of piperidine rings is 8. The molecular weight excluding hydrogens is 1260 g/mol. The van der Waals surface area contributed by atoms with Crippen LogP contribution in [0.3, 0.4) is 0 Å². The SMILES string of the molecule is O=C(O)OC(C1NCCC2CCCCC21)(C1NCCC2CCCCC21)C(C(CC(CCC(C1NCCC2CCCCC21)(C1NCCC2CCCCC21)C1NCCC2CCCCC21)c1nncc2ccccc12)C1NCCC2CCCCC21)(C1NCCC2CCCCC21)C1NCCC2CCCCC21. The Bertz CT molecular complexity index is 2920. The van der Waals surface area contributed by atoms with Crippen molar-refractivity contribution in [1.29, 1.82) is 0 Å². The molecule has 8 aliphatic carbocycles. The minimum Gasteiger partial charge on any atom is -0.450 e. The highest BCUT2D eigenvalue weighted by molar-refractivity contribution is 5.84. The van der Waals surface area contributed by atoms with Crippen LogP contribution >= 0.6 is 0 Å². The van der Waals surface area contributed by atoms with E-state index in [9.17, 15) is 5.11 Å². The van der Waals surface area contributed by atoms with Crippen LogP contribution in [0.25, 0.3) is 10.8 Å². The molecule has 9 heterocycles. The zero-order valence-corrected chi connectivity index (χ0v) is 63.6. The van der Waals surface area contributed by atoms with Crippen molar-refractivity contribution in [3.63, 3.8) is 0 Å². The van der Waals surface area contributed by atoms with Gasteiger partial charge in [-0.15, -0.1) is 0 Å². The van der Waals surface area contributed by atoms with Gasteiger partial charge in [-0.1, -0.05) is 178 Å². The second-order valence-electron chi connectivity index (χ2n) is 39.1. The first kappa shape index (κ1) is 71.1. The van der Waals surface area contributed by atoms with E-state index in [0.717, 1.165) is 95.8 Å². The summed E-state index contributed by atoms with van der Waals surface area (Å²) in [4.78, 5) is 16.0. The Morgan fingerprint density at radius 3 is 1.13 bits per heavy atom. The molecule has 8 saturated heterocycles. The van der Waals surface area contributed by atoms with Crippen molar-refractivity contribution in [2.45, 2.75) is 336 Å². The molecule has 16 aliphatic rings. The Labute approximate surface area is 616 Å². The van der Waals surface area contributed by atoms with E-state index >= 15 is 4.79 Å². The van der Waals surface area contributed by atoms with Crippen molar-refractivity contribution >= 4 is 16.9 Å². The fourth-order valence-corrected chi connectivity index (χ4v) is 31.8. The number of ether oxygens (including phenoxy) is 1. The molecule has 26 unspecified atom stereocenters. The third kappa shape index (κ3) is 12.8. The maximum atomic E-state index is 16.0. The van der Waals surface area contributed by atoms with Crippen LogP contribution in [0.4, 0.5) is 4.79 Å². The number of aromatic nitrogens is 2. The zero-order valence-electron chi connectivity index (χ0n) is 63.6. The maximum absolute atomic E-state index is 16.0. The van der Waals surface area contributed by atoms with Gasteiger partial charge in [0.15, 0.2) is 5.60 Å². The first-order chi connectivity index (χ1) is 50.4. The number of hydrogen-bond donors (Lipinski definition) is 9. The Balaban J connectivity index is 0.927. The van der Waals surface area contributed by atoms with E-state index in [1.54, 1.807) is 0 Å². The van der Waals surface area contributed by atoms with Gasteiger partial charge in [0.2, 0.25) is 0 Å². The number of nitrogens with zero attached hydrogens (tertiary/aromatic N) is 2. The smallest absolute Gasteiger partial charge is 0.450 e. The fraction of sp³-hybridized carbons (Fsp3) is 0.899. The van der Waals surface area contributed by atoms with Crippen LogP contribution in [0.1, 0.15) is 288 Å². The van der Waals surface area contributed by atoms with E-state index in [4.69, 9.17) is 46.8 Å². The summed E-state index contributed by atoms with van der Waals surface area (Å²) in [5, 5.41) is 65.1. The minimum absolute atomic E-state index is 0.0386. The normalized spacial score (nSPS) is 44.2. The molecule has 2 aromatic rings. The Morgan fingerprint density at radius 1 is 0.402 bits per heavy atom. The highest BCUT2D eigenvalue weighted by Gasteiger charge is 2.78. The van der Waals surface area contributed by atoms with E-state index in [2.05, 4.69) is 41.1 Å². The lowest BCUT2D eigenvalue weighted by Crippen LogP contribution is -2.87. The van der Waals surface area contributed by atoms with Crippen LogP contribution in [0.2, 0.25) is 0 Å². The molecule has 102 heavy (non-hydrogen) atoms. The summed E-state index contributed by atoms with van der Waals surface area (Å²) in [6, 6.07) is 10.8. The van der Waals surface area contributed by atoms with Gasteiger partial charge in [0, 0.05) is 63.8 Å². The molecule has 0 spiro atoms. The lowest BCUT2D eigenvalue weighted by molar-refractivity contribution is -0.255.